The molecule has 2 amide bonds. The molecule has 0 saturated heterocycles. The monoisotopic (exact) mass is 330 g/mol. The van der Waals surface area contributed by atoms with Crippen LogP contribution >= 0.6 is 15.9 Å². The maximum absolute atomic E-state index is 11.6. The van der Waals surface area contributed by atoms with Crippen molar-refractivity contribution in [2.75, 3.05) is 11.9 Å². The molecule has 7 heteroatoms. The molecule has 19 heavy (non-hydrogen) atoms. The molecule has 0 aromatic heterocycles. The second kappa shape index (κ2) is 7.10. The molecule has 4 N–H and O–H groups in total. The van der Waals surface area contributed by atoms with E-state index in [0.29, 0.717) is 5.69 Å². The highest BCUT2D eigenvalue weighted by Crippen LogP contribution is 2.21. The van der Waals surface area contributed by atoms with E-state index in [2.05, 4.69) is 26.6 Å². The number of aliphatic hydroxyl groups is 1. The van der Waals surface area contributed by atoms with Crippen molar-refractivity contribution in [3.05, 3.63) is 28.2 Å². The number of rotatable bonds is 5. The van der Waals surface area contributed by atoms with Gasteiger partial charge >= 0.3 is 12.0 Å². The lowest BCUT2D eigenvalue weighted by Crippen LogP contribution is -2.38. The number of halogens is 1. The topological polar surface area (TPSA) is 98.7 Å². The van der Waals surface area contributed by atoms with Gasteiger partial charge in [0.05, 0.1) is 6.54 Å². The van der Waals surface area contributed by atoms with Crippen LogP contribution in [0.25, 0.3) is 0 Å². The molecule has 0 aliphatic heterocycles. The van der Waals surface area contributed by atoms with Crippen LogP contribution in [0.2, 0.25) is 0 Å². The normalized spacial score (nSPS) is 11.7. The summed E-state index contributed by atoms with van der Waals surface area (Å²) in [6.07, 6.45) is -0.867. The minimum Gasteiger partial charge on any atom is -0.479 e. The SMILES string of the molecule is CCc1cc(Br)ccc1NC(=O)NC[C@H](O)C(=O)O. The fourth-order valence-electron chi connectivity index (χ4n) is 1.42. The number of aliphatic hydroxyl groups excluding tert-OH is 1. The van der Waals surface area contributed by atoms with Gasteiger partial charge in [0.25, 0.3) is 0 Å². The molecule has 0 unspecified atom stereocenters. The quantitative estimate of drug-likeness (QED) is 0.658. The van der Waals surface area contributed by atoms with Crippen LogP contribution in [0.3, 0.4) is 0 Å². The van der Waals surface area contributed by atoms with Crippen LogP contribution in [-0.4, -0.2) is 34.9 Å². The van der Waals surface area contributed by atoms with E-state index in [0.717, 1.165) is 16.5 Å². The van der Waals surface area contributed by atoms with Gasteiger partial charge in [-0.1, -0.05) is 22.9 Å². The summed E-state index contributed by atoms with van der Waals surface area (Å²) in [6, 6.07) is 4.87. The summed E-state index contributed by atoms with van der Waals surface area (Å²) < 4.78 is 0.914. The number of carbonyl (C=O) groups is 2. The zero-order valence-corrected chi connectivity index (χ0v) is 11.9. The first-order valence-corrected chi connectivity index (χ1v) is 6.47. The largest absolute Gasteiger partial charge is 0.479 e. The molecule has 1 aromatic carbocycles. The van der Waals surface area contributed by atoms with Gasteiger partial charge < -0.3 is 20.8 Å². The van der Waals surface area contributed by atoms with Crippen molar-refractivity contribution in [1.29, 1.82) is 0 Å². The van der Waals surface area contributed by atoms with Crippen LogP contribution in [0.15, 0.2) is 22.7 Å². The first kappa shape index (κ1) is 15.5. The van der Waals surface area contributed by atoms with Gasteiger partial charge in [0.1, 0.15) is 0 Å². The minimum absolute atomic E-state index is 0.348. The van der Waals surface area contributed by atoms with E-state index in [9.17, 15) is 9.59 Å². The van der Waals surface area contributed by atoms with Crippen molar-refractivity contribution in [3.8, 4) is 0 Å². The number of aryl methyl sites for hydroxylation is 1. The predicted octanol–water partition coefficient (Wildman–Crippen LogP) is 1.58. The Balaban J connectivity index is 2.60. The molecular formula is C12H15BrN2O4. The van der Waals surface area contributed by atoms with Crippen molar-refractivity contribution >= 4 is 33.6 Å². The summed E-state index contributed by atoms with van der Waals surface area (Å²) in [7, 11) is 0. The van der Waals surface area contributed by atoms with Crippen LogP contribution in [0.5, 0.6) is 0 Å². The summed E-state index contributed by atoms with van der Waals surface area (Å²) in [6.45, 7) is 1.61. The van der Waals surface area contributed by atoms with Gasteiger partial charge in [-0.25, -0.2) is 9.59 Å². The molecule has 6 nitrogen and oxygen atoms in total. The molecule has 0 aliphatic carbocycles. The number of carboxylic acid groups (broad SMARTS) is 1. The third-order valence-electron chi connectivity index (χ3n) is 2.44. The fourth-order valence-corrected chi connectivity index (χ4v) is 1.83. The lowest BCUT2D eigenvalue weighted by molar-refractivity contribution is -0.146. The molecule has 0 saturated carbocycles. The number of carbonyl (C=O) groups excluding carboxylic acids is 1. The lowest BCUT2D eigenvalue weighted by Gasteiger charge is -2.12. The van der Waals surface area contributed by atoms with E-state index < -0.39 is 18.1 Å². The number of aliphatic carboxylic acids is 1. The lowest BCUT2D eigenvalue weighted by atomic mass is 10.1. The average molecular weight is 331 g/mol. The minimum atomic E-state index is -1.61. The molecule has 1 aromatic rings. The van der Waals surface area contributed by atoms with E-state index in [1.165, 1.54) is 0 Å². The van der Waals surface area contributed by atoms with E-state index in [4.69, 9.17) is 10.2 Å². The standard InChI is InChI=1S/C12H15BrN2O4/c1-2-7-5-8(13)3-4-9(7)15-12(19)14-6-10(16)11(17)18/h3-5,10,16H,2,6H2,1H3,(H,17,18)(H2,14,15,19)/t10-/m0/s1. The fraction of sp³-hybridized carbons (Fsp3) is 0.333. The Morgan fingerprint density at radius 2 is 2.11 bits per heavy atom. The molecule has 1 rings (SSSR count). The highest BCUT2D eigenvalue weighted by molar-refractivity contribution is 9.10. The number of nitrogens with one attached hydrogen (secondary N) is 2. The van der Waals surface area contributed by atoms with Gasteiger partial charge in [-0.2, -0.15) is 0 Å². The van der Waals surface area contributed by atoms with Gasteiger partial charge in [-0.05, 0) is 30.2 Å². The van der Waals surface area contributed by atoms with Gasteiger partial charge in [0.15, 0.2) is 6.10 Å². The Bertz CT molecular complexity index is 479. The first-order chi connectivity index (χ1) is 8.93. The average Bonchev–Trinajstić information content (AvgIpc) is 2.37. The zero-order valence-electron chi connectivity index (χ0n) is 10.3. The molecule has 0 fully saturated rings. The first-order valence-electron chi connectivity index (χ1n) is 5.68. The number of hydrogen-bond acceptors (Lipinski definition) is 3. The Labute approximate surface area is 118 Å². The summed E-state index contributed by atoms with van der Waals surface area (Å²) in [5, 5.41) is 22.4. The Morgan fingerprint density at radius 1 is 1.42 bits per heavy atom. The number of benzene rings is 1. The van der Waals surface area contributed by atoms with Crippen LogP contribution < -0.4 is 10.6 Å². The van der Waals surface area contributed by atoms with Crippen molar-refractivity contribution < 1.29 is 19.8 Å². The second-order valence-corrected chi connectivity index (χ2v) is 4.76. The highest BCUT2D eigenvalue weighted by Gasteiger charge is 2.14. The number of hydrogen-bond donors (Lipinski definition) is 4. The predicted molar refractivity (Wildman–Crippen MR) is 74.2 cm³/mol. The van der Waals surface area contributed by atoms with Crippen LogP contribution in [-0.2, 0) is 11.2 Å². The van der Waals surface area contributed by atoms with Crippen LogP contribution in [0, 0.1) is 0 Å². The van der Waals surface area contributed by atoms with Crippen molar-refractivity contribution in [3.63, 3.8) is 0 Å². The molecule has 0 radical (unpaired) electrons. The third kappa shape index (κ3) is 4.88. The maximum Gasteiger partial charge on any atom is 0.334 e. The number of amides is 2. The molecule has 1 atom stereocenters. The summed E-state index contributed by atoms with van der Waals surface area (Å²) in [5.74, 6) is -1.38. The van der Waals surface area contributed by atoms with Crippen LogP contribution in [0.1, 0.15) is 12.5 Å². The smallest absolute Gasteiger partial charge is 0.334 e. The van der Waals surface area contributed by atoms with Crippen molar-refractivity contribution in [1.82, 2.24) is 5.32 Å². The Kier molecular flexibility index (Phi) is 5.78. The van der Waals surface area contributed by atoms with E-state index in [-0.39, 0.29) is 6.54 Å². The van der Waals surface area contributed by atoms with Gasteiger partial charge in [0.2, 0.25) is 0 Å². The summed E-state index contributed by atoms with van der Waals surface area (Å²) >= 11 is 3.34. The molecule has 0 bridgehead atoms. The molecule has 0 aliphatic rings. The van der Waals surface area contributed by atoms with Crippen LogP contribution in [0.4, 0.5) is 10.5 Å². The van der Waals surface area contributed by atoms with Crippen molar-refractivity contribution in [2.45, 2.75) is 19.4 Å². The molecular weight excluding hydrogens is 316 g/mol. The zero-order chi connectivity index (χ0) is 14.4. The van der Waals surface area contributed by atoms with Gasteiger partial charge in [-0.3, -0.25) is 0 Å². The highest BCUT2D eigenvalue weighted by atomic mass is 79.9. The Hall–Kier alpha value is -1.60. The molecule has 104 valence electrons. The van der Waals surface area contributed by atoms with Crippen molar-refractivity contribution in [2.24, 2.45) is 0 Å². The van der Waals surface area contributed by atoms with Gasteiger partial charge in [0, 0.05) is 10.2 Å². The van der Waals surface area contributed by atoms with Gasteiger partial charge in [-0.15, -0.1) is 0 Å². The third-order valence-corrected chi connectivity index (χ3v) is 2.93. The Morgan fingerprint density at radius 3 is 2.68 bits per heavy atom. The number of carboxylic acids is 1. The number of anilines is 1. The molecule has 0 heterocycles. The van der Waals surface area contributed by atoms with E-state index in [1.807, 2.05) is 13.0 Å². The van der Waals surface area contributed by atoms with E-state index in [1.54, 1.807) is 12.1 Å². The van der Waals surface area contributed by atoms with E-state index >= 15 is 0 Å². The number of urea groups is 1. The maximum atomic E-state index is 11.6. The second-order valence-electron chi connectivity index (χ2n) is 3.84. The summed E-state index contributed by atoms with van der Waals surface area (Å²) in [4.78, 5) is 21.9. The molecule has 0 spiro atoms. The summed E-state index contributed by atoms with van der Waals surface area (Å²) in [5.41, 5.74) is 1.59.